The Balaban J connectivity index is 1.99. The van der Waals surface area contributed by atoms with Gasteiger partial charge in [0.2, 0.25) is 0 Å². The quantitative estimate of drug-likeness (QED) is 0.849. The molecule has 0 bridgehead atoms. The zero-order valence-corrected chi connectivity index (χ0v) is 12.7. The van der Waals surface area contributed by atoms with Crippen LogP contribution in [0.4, 0.5) is 4.39 Å². The number of rotatable bonds is 4. The molecule has 96 valence electrons. The van der Waals surface area contributed by atoms with Crippen molar-refractivity contribution in [2.75, 3.05) is 0 Å². The lowest BCUT2D eigenvalue weighted by Crippen LogP contribution is -2.17. The Kier molecular flexibility index (Phi) is 4.54. The molecule has 0 saturated heterocycles. The van der Waals surface area contributed by atoms with Crippen LogP contribution in [-0.4, -0.2) is 0 Å². The van der Waals surface area contributed by atoms with E-state index in [0.717, 1.165) is 16.6 Å². The van der Waals surface area contributed by atoms with E-state index in [9.17, 15) is 4.39 Å². The molecule has 1 N–H and O–H groups in total. The fourth-order valence-electron chi connectivity index (χ4n) is 1.71. The van der Waals surface area contributed by atoms with Crippen LogP contribution in [-0.2, 0) is 6.54 Å². The van der Waals surface area contributed by atoms with Crippen molar-refractivity contribution in [2.24, 2.45) is 0 Å². The van der Waals surface area contributed by atoms with Gasteiger partial charge in [0.05, 0.1) is 0 Å². The van der Waals surface area contributed by atoms with Crippen LogP contribution in [0.3, 0.4) is 0 Å². The molecule has 0 fully saturated rings. The van der Waals surface area contributed by atoms with Crippen LogP contribution >= 0.6 is 27.3 Å². The van der Waals surface area contributed by atoms with Gasteiger partial charge >= 0.3 is 0 Å². The first kappa shape index (κ1) is 13.7. The molecule has 0 saturated carbocycles. The Morgan fingerprint density at radius 2 is 2.11 bits per heavy atom. The highest BCUT2D eigenvalue weighted by Crippen LogP contribution is 2.24. The predicted octanol–water partition coefficient (Wildman–Crippen LogP) is 4.81. The van der Waals surface area contributed by atoms with Gasteiger partial charge in [-0.2, -0.15) is 0 Å². The molecule has 1 aromatic heterocycles. The zero-order chi connectivity index (χ0) is 13.1. The van der Waals surface area contributed by atoms with Gasteiger partial charge < -0.3 is 5.32 Å². The molecular formula is C14H15BrFNS. The number of hydrogen-bond donors (Lipinski definition) is 1. The Morgan fingerprint density at radius 1 is 1.33 bits per heavy atom. The van der Waals surface area contributed by atoms with Gasteiger partial charge in [-0.15, -0.1) is 11.3 Å². The van der Waals surface area contributed by atoms with Crippen molar-refractivity contribution in [3.63, 3.8) is 0 Å². The molecule has 0 amide bonds. The van der Waals surface area contributed by atoms with Crippen LogP contribution in [0.15, 0.2) is 34.8 Å². The first-order valence-corrected chi connectivity index (χ1v) is 7.41. The highest BCUT2D eigenvalue weighted by Gasteiger charge is 2.08. The average molecular weight is 328 g/mol. The SMILES string of the molecule is Cc1ccc(C(C)NCc2ccc(F)cc2Br)s1. The van der Waals surface area contributed by atoms with E-state index in [1.165, 1.54) is 21.9 Å². The number of halogens is 2. The Bertz CT molecular complexity index is 538. The maximum absolute atomic E-state index is 13.0. The van der Waals surface area contributed by atoms with E-state index in [4.69, 9.17) is 0 Å². The molecule has 0 spiro atoms. The first-order chi connectivity index (χ1) is 8.56. The van der Waals surface area contributed by atoms with Crippen molar-refractivity contribution in [1.29, 1.82) is 0 Å². The fraction of sp³-hybridized carbons (Fsp3) is 0.286. The molecule has 2 aromatic rings. The molecule has 1 heterocycles. The lowest BCUT2D eigenvalue weighted by Gasteiger charge is -2.13. The molecular weight excluding hydrogens is 313 g/mol. The second-order valence-corrected chi connectivity index (χ2v) is 6.46. The monoisotopic (exact) mass is 327 g/mol. The van der Waals surface area contributed by atoms with Gasteiger partial charge in [-0.1, -0.05) is 22.0 Å². The standard InChI is InChI=1S/C14H15BrFNS/c1-9-3-6-14(18-9)10(2)17-8-11-4-5-12(16)7-13(11)15/h3-7,10,17H,8H2,1-2H3. The number of hydrogen-bond acceptors (Lipinski definition) is 2. The first-order valence-electron chi connectivity index (χ1n) is 5.80. The third-order valence-corrected chi connectivity index (χ3v) is 4.72. The maximum Gasteiger partial charge on any atom is 0.124 e. The van der Waals surface area contributed by atoms with E-state index in [1.54, 1.807) is 17.4 Å². The summed E-state index contributed by atoms with van der Waals surface area (Å²) in [5, 5.41) is 3.45. The van der Waals surface area contributed by atoms with Gasteiger partial charge in [-0.05, 0) is 43.7 Å². The minimum Gasteiger partial charge on any atom is -0.305 e. The summed E-state index contributed by atoms with van der Waals surface area (Å²) in [6, 6.07) is 9.38. The van der Waals surface area contributed by atoms with Gasteiger partial charge in [0.1, 0.15) is 5.82 Å². The summed E-state index contributed by atoms with van der Waals surface area (Å²) in [6.07, 6.45) is 0. The van der Waals surface area contributed by atoms with E-state index in [0.29, 0.717) is 6.04 Å². The van der Waals surface area contributed by atoms with Crippen LogP contribution in [0.1, 0.15) is 28.3 Å². The molecule has 1 aromatic carbocycles. The van der Waals surface area contributed by atoms with E-state index >= 15 is 0 Å². The summed E-state index contributed by atoms with van der Waals surface area (Å²) in [5.41, 5.74) is 1.07. The van der Waals surface area contributed by atoms with Crippen LogP contribution in [0.5, 0.6) is 0 Å². The van der Waals surface area contributed by atoms with Gasteiger partial charge in [0.15, 0.2) is 0 Å². The second-order valence-electron chi connectivity index (χ2n) is 4.29. The minimum absolute atomic E-state index is 0.215. The molecule has 1 unspecified atom stereocenters. The van der Waals surface area contributed by atoms with Crippen molar-refractivity contribution in [3.8, 4) is 0 Å². The predicted molar refractivity (Wildman–Crippen MR) is 78.4 cm³/mol. The third-order valence-electron chi connectivity index (χ3n) is 2.80. The zero-order valence-electron chi connectivity index (χ0n) is 10.3. The lowest BCUT2D eigenvalue weighted by atomic mass is 10.2. The number of benzene rings is 1. The highest BCUT2D eigenvalue weighted by atomic mass is 79.9. The van der Waals surface area contributed by atoms with E-state index < -0.39 is 0 Å². The van der Waals surface area contributed by atoms with Crippen LogP contribution in [0.2, 0.25) is 0 Å². The molecule has 4 heteroatoms. The fourth-order valence-corrected chi connectivity index (χ4v) is 3.11. The number of thiophene rings is 1. The van der Waals surface area contributed by atoms with Crippen molar-refractivity contribution in [2.45, 2.75) is 26.4 Å². The summed E-state index contributed by atoms with van der Waals surface area (Å²) >= 11 is 5.18. The molecule has 0 radical (unpaired) electrons. The molecule has 0 aliphatic rings. The molecule has 1 nitrogen and oxygen atoms in total. The molecule has 0 aliphatic carbocycles. The van der Waals surface area contributed by atoms with E-state index in [1.807, 2.05) is 0 Å². The summed E-state index contributed by atoms with van der Waals surface area (Å²) < 4.78 is 13.8. The molecule has 18 heavy (non-hydrogen) atoms. The minimum atomic E-state index is -0.215. The van der Waals surface area contributed by atoms with Gasteiger partial charge in [0, 0.05) is 26.8 Å². The Morgan fingerprint density at radius 3 is 2.72 bits per heavy atom. The smallest absolute Gasteiger partial charge is 0.124 e. The van der Waals surface area contributed by atoms with E-state index in [2.05, 4.69) is 47.2 Å². The van der Waals surface area contributed by atoms with Crippen molar-refractivity contribution in [3.05, 3.63) is 55.9 Å². The lowest BCUT2D eigenvalue weighted by molar-refractivity contribution is 0.579. The Labute approximate surface area is 119 Å². The van der Waals surface area contributed by atoms with Gasteiger partial charge in [-0.3, -0.25) is 0 Å². The third kappa shape index (κ3) is 3.40. The van der Waals surface area contributed by atoms with Gasteiger partial charge in [0.25, 0.3) is 0 Å². The maximum atomic E-state index is 13.0. The highest BCUT2D eigenvalue weighted by molar-refractivity contribution is 9.10. The largest absolute Gasteiger partial charge is 0.305 e. The van der Waals surface area contributed by atoms with Crippen LogP contribution in [0, 0.1) is 12.7 Å². The van der Waals surface area contributed by atoms with Crippen LogP contribution in [0.25, 0.3) is 0 Å². The van der Waals surface area contributed by atoms with Crippen molar-refractivity contribution < 1.29 is 4.39 Å². The molecule has 2 rings (SSSR count). The topological polar surface area (TPSA) is 12.0 Å². The van der Waals surface area contributed by atoms with Crippen molar-refractivity contribution >= 4 is 27.3 Å². The van der Waals surface area contributed by atoms with Crippen molar-refractivity contribution in [1.82, 2.24) is 5.32 Å². The normalized spacial score (nSPS) is 12.7. The molecule has 1 atom stereocenters. The summed E-state index contributed by atoms with van der Waals surface area (Å²) in [7, 11) is 0. The summed E-state index contributed by atoms with van der Waals surface area (Å²) in [5.74, 6) is -0.215. The summed E-state index contributed by atoms with van der Waals surface area (Å²) in [6.45, 7) is 4.97. The van der Waals surface area contributed by atoms with E-state index in [-0.39, 0.29) is 5.82 Å². The summed E-state index contributed by atoms with van der Waals surface area (Å²) in [4.78, 5) is 2.65. The average Bonchev–Trinajstić information content (AvgIpc) is 2.74. The number of aryl methyl sites for hydroxylation is 1. The second kappa shape index (κ2) is 5.95. The molecule has 0 aliphatic heterocycles. The van der Waals surface area contributed by atoms with Gasteiger partial charge in [-0.25, -0.2) is 4.39 Å². The number of nitrogens with one attached hydrogen (secondary N) is 1. The Hall–Kier alpha value is -0.710. The van der Waals surface area contributed by atoms with Crippen LogP contribution < -0.4 is 5.32 Å².